The first-order chi connectivity index (χ1) is 8.42. The van der Waals surface area contributed by atoms with Gasteiger partial charge in [0.25, 0.3) is 0 Å². The molecule has 0 saturated heterocycles. The quantitative estimate of drug-likeness (QED) is 0.706. The Morgan fingerprint density at radius 2 is 2.11 bits per heavy atom. The van der Waals surface area contributed by atoms with Crippen molar-refractivity contribution in [3.8, 4) is 0 Å². The molecule has 96 valence electrons. The number of nitrogens with zero attached hydrogens (tertiary/aromatic N) is 1. The molecule has 0 aromatic heterocycles. The van der Waals surface area contributed by atoms with Gasteiger partial charge in [-0.2, -0.15) is 0 Å². The molecule has 0 fully saturated rings. The number of anilines is 1. The fraction of sp³-hybridized carbons (Fsp3) is 0.400. The number of hydrogen-bond acceptors (Lipinski definition) is 2. The smallest absolute Gasteiger partial charge is 0.414 e. The van der Waals surface area contributed by atoms with Gasteiger partial charge in [0.2, 0.25) is 0 Å². The van der Waals surface area contributed by atoms with Crippen LogP contribution in [0, 0.1) is 0 Å². The summed E-state index contributed by atoms with van der Waals surface area (Å²) in [5.41, 5.74) is 1.59. The second-order valence-electron chi connectivity index (χ2n) is 5.49. The van der Waals surface area contributed by atoms with Crippen LogP contribution in [0.3, 0.4) is 0 Å². The molecule has 18 heavy (non-hydrogen) atoms. The molecule has 1 aliphatic rings. The molecule has 3 nitrogen and oxygen atoms in total. The van der Waals surface area contributed by atoms with Crippen molar-refractivity contribution in [2.75, 3.05) is 11.4 Å². The first-order valence-electron chi connectivity index (χ1n) is 6.14. The van der Waals surface area contributed by atoms with E-state index < -0.39 is 5.60 Å². The molecule has 1 amide bonds. The average molecular weight is 245 g/mol. The molecule has 0 radical (unpaired) electrons. The Kier molecular flexibility index (Phi) is 3.16. The SMILES string of the molecule is C=CC1CN(C(=O)OC(C)(C)C)c2ccccc21. The van der Waals surface area contributed by atoms with Gasteiger partial charge in [0.05, 0.1) is 5.69 Å². The molecule has 1 aromatic rings. The highest BCUT2D eigenvalue weighted by molar-refractivity contribution is 5.91. The number of benzene rings is 1. The van der Waals surface area contributed by atoms with Gasteiger partial charge in [0.1, 0.15) is 5.60 Å². The van der Waals surface area contributed by atoms with E-state index in [1.165, 1.54) is 0 Å². The van der Waals surface area contributed by atoms with E-state index >= 15 is 0 Å². The van der Waals surface area contributed by atoms with Crippen LogP contribution in [0.4, 0.5) is 10.5 Å². The van der Waals surface area contributed by atoms with Gasteiger partial charge in [0.15, 0.2) is 0 Å². The summed E-state index contributed by atoms with van der Waals surface area (Å²) < 4.78 is 5.42. The summed E-state index contributed by atoms with van der Waals surface area (Å²) >= 11 is 0. The zero-order chi connectivity index (χ0) is 13.3. The van der Waals surface area contributed by atoms with Crippen LogP contribution in [-0.2, 0) is 4.74 Å². The van der Waals surface area contributed by atoms with Gasteiger partial charge in [-0.3, -0.25) is 4.90 Å². The summed E-state index contributed by atoms with van der Waals surface area (Å²) in [6, 6.07) is 7.89. The number of hydrogen-bond donors (Lipinski definition) is 0. The fourth-order valence-corrected chi connectivity index (χ4v) is 2.13. The normalized spacial score (nSPS) is 18.4. The van der Waals surface area contributed by atoms with Crippen molar-refractivity contribution in [2.45, 2.75) is 32.3 Å². The first-order valence-corrected chi connectivity index (χ1v) is 6.14. The summed E-state index contributed by atoms with van der Waals surface area (Å²) in [5, 5.41) is 0. The standard InChI is InChI=1S/C15H19NO2/c1-5-11-10-16(14(17)18-15(2,3)4)13-9-7-6-8-12(11)13/h5-9,11H,1,10H2,2-4H3. The fourth-order valence-electron chi connectivity index (χ4n) is 2.13. The van der Waals surface area contributed by atoms with Crippen molar-refractivity contribution < 1.29 is 9.53 Å². The van der Waals surface area contributed by atoms with Gasteiger partial charge in [-0.25, -0.2) is 4.79 Å². The summed E-state index contributed by atoms with van der Waals surface area (Å²) in [6.45, 7) is 10.1. The minimum absolute atomic E-state index is 0.189. The van der Waals surface area contributed by atoms with Crippen LogP contribution in [0.5, 0.6) is 0 Å². The van der Waals surface area contributed by atoms with Crippen LogP contribution < -0.4 is 4.90 Å². The lowest BCUT2D eigenvalue weighted by Gasteiger charge is -2.24. The molecule has 1 unspecified atom stereocenters. The van der Waals surface area contributed by atoms with Crippen molar-refractivity contribution in [3.63, 3.8) is 0 Å². The summed E-state index contributed by atoms with van der Waals surface area (Å²) in [6.07, 6.45) is 1.59. The maximum absolute atomic E-state index is 12.2. The van der Waals surface area contributed by atoms with Gasteiger partial charge in [-0.15, -0.1) is 6.58 Å². The molecule has 0 aliphatic carbocycles. The maximum atomic E-state index is 12.2. The average Bonchev–Trinajstić information content (AvgIpc) is 2.65. The van der Waals surface area contributed by atoms with E-state index in [-0.39, 0.29) is 12.0 Å². The number of carbonyl (C=O) groups is 1. The second-order valence-corrected chi connectivity index (χ2v) is 5.49. The lowest BCUT2D eigenvalue weighted by atomic mass is 10.0. The van der Waals surface area contributed by atoms with Gasteiger partial charge in [0, 0.05) is 12.5 Å². The summed E-state index contributed by atoms with van der Waals surface area (Å²) in [5.74, 6) is 0.189. The maximum Gasteiger partial charge on any atom is 0.414 e. The van der Waals surface area contributed by atoms with E-state index in [4.69, 9.17) is 4.74 Å². The number of fused-ring (bicyclic) bond motifs is 1. The third kappa shape index (κ3) is 2.40. The highest BCUT2D eigenvalue weighted by Gasteiger charge is 2.33. The zero-order valence-corrected chi connectivity index (χ0v) is 11.1. The van der Waals surface area contributed by atoms with E-state index in [2.05, 4.69) is 6.58 Å². The third-order valence-corrected chi connectivity index (χ3v) is 2.90. The van der Waals surface area contributed by atoms with Crippen LogP contribution in [0.25, 0.3) is 0 Å². The summed E-state index contributed by atoms with van der Waals surface area (Å²) in [4.78, 5) is 13.8. The first kappa shape index (κ1) is 12.7. The monoisotopic (exact) mass is 245 g/mol. The Morgan fingerprint density at radius 1 is 1.44 bits per heavy atom. The third-order valence-electron chi connectivity index (χ3n) is 2.90. The van der Waals surface area contributed by atoms with E-state index in [0.29, 0.717) is 6.54 Å². The molecule has 2 rings (SSSR count). The highest BCUT2D eigenvalue weighted by Crippen LogP contribution is 2.37. The Balaban J connectivity index is 2.27. The van der Waals surface area contributed by atoms with Crippen molar-refractivity contribution in [1.29, 1.82) is 0 Å². The Bertz CT molecular complexity index is 474. The second kappa shape index (κ2) is 4.48. The molecule has 0 spiro atoms. The summed E-state index contributed by atoms with van der Waals surface area (Å²) in [7, 11) is 0. The topological polar surface area (TPSA) is 29.5 Å². The van der Waals surface area contributed by atoms with Crippen LogP contribution in [0.2, 0.25) is 0 Å². The minimum atomic E-state index is -0.474. The zero-order valence-electron chi connectivity index (χ0n) is 11.1. The van der Waals surface area contributed by atoms with Crippen LogP contribution in [-0.4, -0.2) is 18.2 Å². The molecule has 0 bridgehead atoms. The number of para-hydroxylation sites is 1. The lowest BCUT2D eigenvalue weighted by Crippen LogP contribution is -2.36. The van der Waals surface area contributed by atoms with Crippen molar-refractivity contribution in [1.82, 2.24) is 0 Å². The number of rotatable bonds is 1. The van der Waals surface area contributed by atoms with E-state index in [0.717, 1.165) is 11.3 Å². The molecule has 1 aromatic carbocycles. The number of carbonyl (C=O) groups excluding carboxylic acids is 1. The van der Waals surface area contributed by atoms with Gasteiger partial charge < -0.3 is 4.74 Å². The number of ether oxygens (including phenoxy) is 1. The van der Waals surface area contributed by atoms with Crippen molar-refractivity contribution in [3.05, 3.63) is 42.5 Å². The molecular weight excluding hydrogens is 226 g/mol. The molecular formula is C15H19NO2. The van der Waals surface area contributed by atoms with E-state index in [1.54, 1.807) is 4.90 Å². The Morgan fingerprint density at radius 3 is 2.72 bits per heavy atom. The largest absolute Gasteiger partial charge is 0.443 e. The lowest BCUT2D eigenvalue weighted by molar-refractivity contribution is 0.0583. The highest BCUT2D eigenvalue weighted by atomic mass is 16.6. The minimum Gasteiger partial charge on any atom is -0.443 e. The van der Waals surface area contributed by atoms with E-state index in [1.807, 2.05) is 51.1 Å². The molecule has 1 aliphatic heterocycles. The van der Waals surface area contributed by atoms with Gasteiger partial charge >= 0.3 is 6.09 Å². The van der Waals surface area contributed by atoms with Crippen LogP contribution in [0.1, 0.15) is 32.3 Å². The molecule has 1 heterocycles. The Hall–Kier alpha value is -1.77. The van der Waals surface area contributed by atoms with Crippen molar-refractivity contribution in [2.24, 2.45) is 0 Å². The predicted octanol–water partition coefficient (Wildman–Crippen LogP) is 3.71. The van der Waals surface area contributed by atoms with Crippen LogP contribution in [0.15, 0.2) is 36.9 Å². The predicted molar refractivity (Wildman–Crippen MR) is 73.0 cm³/mol. The molecule has 0 N–H and O–H groups in total. The van der Waals surface area contributed by atoms with Gasteiger partial charge in [-0.05, 0) is 32.4 Å². The van der Waals surface area contributed by atoms with Gasteiger partial charge in [-0.1, -0.05) is 24.3 Å². The molecule has 0 saturated carbocycles. The van der Waals surface area contributed by atoms with E-state index in [9.17, 15) is 4.79 Å². The molecule has 1 atom stereocenters. The van der Waals surface area contributed by atoms with Crippen LogP contribution >= 0.6 is 0 Å². The number of amides is 1. The van der Waals surface area contributed by atoms with Crippen molar-refractivity contribution >= 4 is 11.8 Å². The Labute approximate surface area is 108 Å². The molecule has 3 heteroatoms.